The zero-order valence-electron chi connectivity index (χ0n) is 23.7. The molecule has 204 valence electrons. The number of hydrogen-bond donors (Lipinski definition) is 0. The van der Waals surface area contributed by atoms with Gasteiger partial charge in [-0.05, 0) is 95.6 Å². The van der Waals surface area contributed by atoms with Gasteiger partial charge in [-0.2, -0.15) is 0 Å². The van der Waals surface area contributed by atoms with Crippen molar-refractivity contribution in [2.45, 2.75) is 68.1 Å². The quantitative estimate of drug-likeness (QED) is 0.201. The molecule has 0 N–H and O–H groups in total. The average molecular weight is 543 g/mol. The van der Waals surface area contributed by atoms with Gasteiger partial charge in [-0.1, -0.05) is 71.0 Å². The fourth-order valence-corrected chi connectivity index (χ4v) is 6.03. The molecule has 0 fully saturated rings. The highest BCUT2D eigenvalue weighted by Crippen LogP contribution is 2.36. The van der Waals surface area contributed by atoms with E-state index in [2.05, 4.69) is 71.0 Å². The van der Waals surface area contributed by atoms with Crippen molar-refractivity contribution in [2.75, 3.05) is 7.11 Å². The Hall–Kier alpha value is -3.57. The van der Waals surface area contributed by atoms with Gasteiger partial charge in [0.15, 0.2) is 0 Å². The van der Waals surface area contributed by atoms with Crippen molar-refractivity contribution in [3.05, 3.63) is 114 Å². The van der Waals surface area contributed by atoms with Crippen LogP contribution in [0, 0.1) is 0 Å². The van der Waals surface area contributed by atoms with Gasteiger partial charge in [-0.25, -0.2) is 8.42 Å². The number of benzene rings is 4. The summed E-state index contributed by atoms with van der Waals surface area (Å²) in [4.78, 5) is 0.427. The molecule has 0 saturated heterocycles. The van der Waals surface area contributed by atoms with Gasteiger partial charge in [-0.15, -0.1) is 0 Å². The van der Waals surface area contributed by atoms with Gasteiger partial charge in [0.05, 0.1) is 16.9 Å². The van der Waals surface area contributed by atoms with Crippen LogP contribution in [0.5, 0.6) is 17.2 Å². The van der Waals surface area contributed by atoms with E-state index in [0.29, 0.717) is 17.2 Å². The Morgan fingerprint density at radius 2 is 0.923 bits per heavy atom. The maximum atomic E-state index is 13.0. The second kappa shape index (κ2) is 11.3. The second-order valence-electron chi connectivity index (χ2n) is 10.7. The molecule has 4 aromatic carbocycles. The Labute approximate surface area is 233 Å². The fourth-order valence-electron chi connectivity index (χ4n) is 4.77. The molecule has 0 unspecified atom stereocenters. The molecule has 0 aromatic heterocycles. The molecule has 4 rings (SSSR count). The van der Waals surface area contributed by atoms with Crippen LogP contribution in [0.2, 0.25) is 0 Å². The van der Waals surface area contributed by atoms with Crippen LogP contribution in [0.25, 0.3) is 0 Å². The Bertz CT molecular complexity index is 1480. The Morgan fingerprint density at radius 1 is 0.564 bits per heavy atom. The van der Waals surface area contributed by atoms with Crippen LogP contribution in [-0.2, 0) is 20.7 Å². The van der Waals surface area contributed by atoms with Crippen LogP contribution in [-0.4, -0.2) is 15.5 Å². The van der Waals surface area contributed by atoms with Crippen molar-refractivity contribution >= 4 is 9.84 Å². The van der Waals surface area contributed by atoms with Crippen LogP contribution in [0.15, 0.2) is 107 Å². The maximum absolute atomic E-state index is 13.0. The third kappa shape index (κ3) is 5.89. The molecule has 0 heterocycles. The Kier molecular flexibility index (Phi) is 8.22. The van der Waals surface area contributed by atoms with E-state index in [4.69, 9.17) is 9.47 Å². The zero-order valence-corrected chi connectivity index (χ0v) is 24.5. The summed E-state index contributed by atoms with van der Waals surface area (Å²) in [5.41, 5.74) is 3.89. The van der Waals surface area contributed by atoms with Crippen LogP contribution in [0.1, 0.15) is 64.2 Å². The summed E-state index contributed by atoms with van der Waals surface area (Å²) in [6, 6.07) is 30.0. The average Bonchev–Trinajstić information content (AvgIpc) is 2.97. The first-order chi connectivity index (χ1) is 18.5. The minimum absolute atomic E-state index is 0.163. The van der Waals surface area contributed by atoms with Crippen LogP contribution in [0.3, 0.4) is 0 Å². The van der Waals surface area contributed by atoms with Gasteiger partial charge in [0.2, 0.25) is 9.84 Å². The van der Waals surface area contributed by atoms with E-state index in [0.717, 1.165) is 12.8 Å². The molecule has 0 atom stereocenters. The highest BCUT2D eigenvalue weighted by atomic mass is 32.2. The molecule has 0 radical (unpaired) electrons. The predicted octanol–water partition coefficient (Wildman–Crippen LogP) is 8.72. The van der Waals surface area contributed by atoms with Crippen LogP contribution >= 0.6 is 0 Å². The molecular weight excluding hydrogens is 504 g/mol. The summed E-state index contributed by atoms with van der Waals surface area (Å²) < 4.78 is 37.1. The van der Waals surface area contributed by atoms with E-state index < -0.39 is 9.84 Å². The SMILES string of the molecule is CCC(C)(CC)c1ccc(C(C)(C)c2ccc(Oc3ccc(S(=O)(=O)c4ccc(OC)cc4)cc3)cc2)cc1. The number of methoxy groups -OCH3 is 1. The fraction of sp³-hybridized carbons (Fsp3) is 0.294. The number of sulfone groups is 1. The Balaban J connectivity index is 1.47. The molecule has 0 spiro atoms. The summed E-state index contributed by atoms with van der Waals surface area (Å²) in [6.45, 7) is 11.3. The summed E-state index contributed by atoms with van der Waals surface area (Å²) in [5, 5.41) is 0. The molecule has 0 aliphatic heterocycles. The van der Waals surface area contributed by atoms with E-state index in [1.807, 2.05) is 12.1 Å². The molecule has 0 amide bonds. The molecule has 4 nitrogen and oxygen atoms in total. The van der Waals surface area contributed by atoms with E-state index in [1.54, 1.807) is 55.6 Å². The van der Waals surface area contributed by atoms with Crippen molar-refractivity contribution in [1.29, 1.82) is 0 Å². The summed E-state index contributed by atoms with van der Waals surface area (Å²) in [6.07, 6.45) is 2.24. The lowest BCUT2D eigenvalue weighted by molar-refractivity contribution is 0.414. The first-order valence-corrected chi connectivity index (χ1v) is 14.9. The molecular formula is C34H38O4S. The van der Waals surface area contributed by atoms with Crippen molar-refractivity contribution in [1.82, 2.24) is 0 Å². The lowest BCUT2D eigenvalue weighted by Crippen LogP contribution is -2.21. The first kappa shape index (κ1) is 28.4. The lowest BCUT2D eigenvalue weighted by Gasteiger charge is -2.30. The topological polar surface area (TPSA) is 52.6 Å². The van der Waals surface area contributed by atoms with Gasteiger partial charge >= 0.3 is 0 Å². The van der Waals surface area contributed by atoms with Gasteiger partial charge in [0, 0.05) is 5.41 Å². The minimum Gasteiger partial charge on any atom is -0.497 e. The number of ether oxygens (including phenoxy) is 2. The monoisotopic (exact) mass is 542 g/mol. The van der Waals surface area contributed by atoms with Crippen LogP contribution < -0.4 is 9.47 Å². The molecule has 39 heavy (non-hydrogen) atoms. The molecule has 0 aliphatic rings. The van der Waals surface area contributed by atoms with Gasteiger partial charge in [0.1, 0.15) is 17.2 Å². The van der Waals surface area contributed by atoms with Crippen molar-refractivity contribution in [2.24, 2.45) is 0 Å². The van der Waals surface area contributed by atoms with Crippen LogP contribution in [0.4, 0.5) is 0 Å². The third-order valence-electron chi connectivity index (χ3n) is 8.18. The standard InChI is InChI=1S/C34H38O4S/c1-7-34(5,8-2)27-11-9-25(10-12-27)33(3,4)26-13-15-29(16-14-26)38-30-19-23-32(24-20-30)39(35,36)31-21-17-28(37-6)18-22-31/h9-24H,7-8H2,1-6H3. The lowest BCUT2D eigenvalue weighted by atomic mass is 9.74. The highest BCUT2D eigenvalue weighted by Gasteiger charge is 2.26. The van der Waals surface area contributed by atoms with E-state index in [9.17, 15) is 8.42 Å². The van der Waals surface area contributed by atoms with E-state index >= 15 is 0 Å². The minimum atomic E-state index is -3.63. The largest absolute Gasteiger partial charge is 0.497 e. The summed E-state index contributed by atoms with van der Waals surface area (Å²) in [7, 11) is -2.08. The second-order valence-corrected chi connectivity index (χ2v) is 12.7. The summed E-state index contributed by atoms with van der Waals surface area (Å²) >= 11 is 0. The molecule has 0 aliphatic carbocycles. The number of rotatable bonds is 10. The normalized spacial score (nSPS) is 12.3. The highest BCUT2D eigenvalue weighted by molar-refractivity contribution is 7.91. The first-order valence-electron chi connectivity index (χ1n) is 13.4. The van der Waals surface area contributed by atoms with Crippen molar-refractivity contribution in [3.63, 3.8) is 0 Å². The smallest absolute Gasteiger partial charge is 0.206 e. The maximum Gasteiger partial charge on any atom is 0.206 e. The molecule has 4 aromatic rings. The van der Waals surface area contributed by atoms with Gasteiger partial charge in [0.25, 0.3) is 0 Å². The summed E-state index contributed by atoms with van der Waals surface area (Å²) in [5.74, 6) is 1.87. The molecule has 5 heteroatoms. The molecule has 0 bridgehead atoms. The number of hydrogen-bond acceptors (Lipinski definition) is 4. The van der Waals surface area contributed by atoms with Gasteiger partial charge in [-0.3, -0.25) is 0 Å². The molecule has 0 saturated carbocycles. The van der Waals surface area contributed by atoms with Crippen molar-refractivity contribution in [3.8, 4) is 17.2 Å². The van der Waals surface area contributed by atoms with Crippen molar-refractivity contribution < 1.29 is 17.9 Å². The van der Waals surface area contributed by atoms with E-state index in [1.165, 1.54) is 16.7 Å². The Morgan fingerprint density at radius 3 is 1.33 bits per heavy atom. The van der Waals surface area contributed by atoms with Gasteiger partial charge < -0.3 is 9.47 Å². The van der Waals surface area contributed by atoms with E-state index in [-0.39, 0.29) is 20.6 Å². The predicted molar refractivity (Wildman–Crippen MR) is 158 cm³/mol. The zero-order chi connectivity index (χ0) is 28.3. The third-order valence-corrected chi connectivity index (χ3v) is 9.97.